The number of hydrogen-bond acceptors (Lipinski definition) is 4. The molecule has 0 saturated heterocycles. The monoisotopic (exact) mass is 379 g/mol. The Bertz CT molecular complexity index is 687. The van der Waals surface area contributed by atoms with Gasteiger partial charge < -0.3 is 4.74 Å². The molecule has 0 aliphatic carbocycles. The smallest absolute Gasteiger partial charge is 0.435 e. The number of pyridine rings is 1. The van der Waals surface area contributed by atoms with Gasteiger partial charge in [-0.05, 0) is 62.7 Å². The van der Waals surface area contributed by atoms with Crippen LogP contribution in [0.25, 0.3) is 11.4 Å². The number of halogens is 1. The Kier molecular flexibility index (Phi) is 6.69. The van der Waals surface area contributed by atoms with E-state index in [-0.39, 0.29) is 0 Å². The lowest BCUT2D eigenvalue weighted by molar-refractivity contribution is 0.0515. The molecule has 0 aliphatic heterocycles. The SMILES string of the molecule is C=CC.Cc1cccc(-c2nn(C(=O)OC(C)(C)C)cc2Br)n1. The van der Waals surface area contributed by atoms with Crippen LogP contribution in [0, 0.1) is 6.92 Å². The summed E-state index contributed by atoms with van der Waals surface area (Å²) in [6.07, 6.45) is 2.81. The summed E-state index contributed by atoms with van der Waals surface area (Å²) in [6.45, 7) is 12.6. The van der Waals surface area contributed by atoms with Crippen molar-refractivity contribution in [3.05, 3.63) is 47.2 Å². The molecule has 0 aromatic carbocycles. The van der Waals surface area contributed by atoms with Crippen LogP contribution in [-0.2, 0) is 4.74 Å². The Morgan fingerprint density at radius 3 is 2.52 bits per heavy atom. The molecule has 2 rings (SSSR count). The lowest BCUT2D eigenvalue weighted by Gasteiger charge is -2.18. The predicted octanol–water partition coefficient (Wildman–Crippen LogP) is 4.99. The second kappa shape index (κ2) is 8.06. The lowest BCUT2D eigenvalue weighted by Crippen LogP contribution is -2.27. The molecule has 0 unspecified atom stereocenters. The molecule has 0 aliphatic rings. The normalized spacial score (nSPS) is 10.5. The maximum atomic E-state index is 12.0. The van der Waals surface area contributed by atoms with Crippen LogP contribution in [0.2, 0.25) is 0 Å². The molecule has 0 amide bonds. The summed E-state index contributed by atoms with van der Waals surface area (Å²) in [7, 11) is 0. The minimum absolute atomic E-state index is 0.517. The van der Waals surface area contributed by atoms with Crippen LogP contribution in [0.15, 0.2) is 41.5 Å². The molecule has 2 aromatic rings. The molecule has 2 aromatic heterocycles. The summed E-state index contributed by atoms with van der Waals surface area (Å²) < 4.78 is 7.14. The number of carbonyl (C=O) groups excluding carboxylic acids is 1. The van der Waals surface area contributed by atoms with Crippen LogP contribution < -0.4 is 0 Å². The third-order valence-electron chi connectivity index (χ3n) is 2.38. The molecule has 0 saturated carbocycles. The maximum absolute atomic E-state index is 12.0. The molecule has 0 radical (unpaired) electrons. The number of allylic oxidation sites excluding steroid dienone is 1. The fourth-order valence-corrected chi connectivity index (χ4v) is 2.08. The Hall–Kier alpha value is -1.95. The lowest BCUT2D eigenvalue weighted by atomic mass is 10.2. The van der Waals surface area contributed by atoms with Gasteiger partial charge in [-0.25, -0.2) is 4.79 Å². The van der Waals surface area contributed by atoms with Gasteiger partial charge >= 0.3 is 6.09 Å². The summed E-state index contributed by atoms with van der Waals surface area (Å²) in [4.78, 5) is 16.4. The third kappa shape index (κ3) is 5.98. The van der Waals surface area contributed by atoms with Crippen molar-refractivity contribution >= 4 is 22.0 Å². The molecular formula is C17H22BrN3O2. The largest absolute Gasteiger partial charge is 0.442 e. The molecule has 2 heterocycles. The van der Waals surface area contributed by atoms with Crippen LogP contribution in [0.4, 0.5) is 4.79 Å². The van der Waals surface area contributed by atoms with Crippen LogP contribution >= 0.6 is 15.9 Å². The van der Waals surface area contributed by atoms with E-state index in [1.807, 2.05) is 52.8 Å². The molecule has 23 heavy (non-hydrogen) atoms. The van der Waals surface area contributed by atoms with E-state index >= 15 is 0 Å². The van der Waals surface area contributed by atoms with Gasteiger partial charge in [0, 0.05) is 5.69 Å². The standard InChI is InChI=1S/C14H16BrN3O2.C3H6/c1-9-6-5-7-11(16-9)12-10(15)8-18(17-12)13(19)20-14(2,3)4;1-3-2/h5-8H,1-4H3;3H,1H2,2H3. The number of rotatable bonds is 1. The first kappa shape index (κ1) is 19.1. The van der Waals surface area contributed by atoms with Crippen molar-refractivity contribution in [3.8, 4) is 11.4 Å². The average Bonchev–Trinajstić information content (AvgIpc) is 2.80. The van der Waals surface area contributed by atoms with Crippen LogP contribution in [0.1, 0.15) is 33.4 Å². The topological polar surface area (TPSA) is 57.0 Å². The highest BCUT2D eigenvalue weighted by Gasteiger charge is 2.20. The highest BCUT2D eigenvalue weighted by atomic mass is 79.9. The van der Waals surface area contributed by atoms with E-state index in [0.29, 0.717) is 15.9 Å². The minimum Gasteiger partial charge on any atom is -0.442 e. The summed E-state index contributed by atoms with van der Waals surface area (Å²) in [5, 5.41) is 4.24. The summed E-state index contributed by atoms with van der Waals surface area (Å²) in [6, 6.07) is 5.65. The molecule has 5 nitrogen and oxygen atoms in total. The van der Waals surface area contributed by atoms with Crippen molar-refractivity contribution in [1.82, 2.24) is 14.8 Å². The van der Waals surface area contributed by atoms with Crippen molar-refractivity contribution in [2.75, 3.05) is 0 Å². The molecule has 0 spiro atoms. The van der Waals surface area contributed by atoms with Gasteiger partial charge in [0.05, 0.1) is 16.4 Å². The van der Waals surface area contributed by atoms with Crippen molar-refractivity contribution in [1.29, 1.82) is 0 Å². The second-order valence-electron chi connectivity index (χ2n) is 5.82. The molecule has 0 fully saturated rings. The van der Waals surface area contributed by atoms with Gasteiger partial charge in [-0.15, -0.1) is 6.58 Å². The molecule has 0 bridgehead atoms. The first-order valence-electron chi connectivity index (χ1n) is 7.17. The zero-order valence-corrected chi connectivity index (χ0v) is 15.7. The van der Waals surface area contributed by atoms with Gasteiger partial charge in [-0.3, -0.25) is 4.98 Å². The number of hydrogen-bond donors (Lipinski definition) is 0. The fraction of sp³-hybridized carbons (Fsp3) is 0.353. The van der Waals surface area contributed by atoms with Gasteiger partial charge in [0.2, 0.25) is 0 Å². The number of ether oxygens (including phenoxy) is 1. The summed E-state index contributed by atoms with van der Waals surface area (Å²) >= 11 is 3.40. The van der Waals surface area contributed by atoms with Gasteiger partial charge in [-0.2, -0.15) is 9.78 Å². The zero-order valence-electron chi connectivity index (χ0n) is 14.1. The first-order chi connectivity index (χ1) is 10.7. The van der Waals surface area contributed by atoms with E-state index in [0.717, 1.165) is 5.69 Å². The zero-order chi connectivity index (χ0) is 17.6. The van der Waals surface area contributed by atoms with E-state index in [1.54, 1.807) is 12.3 Å². The Balaban J connectivity index is 0.000000816. The van der Waals surface area contributed by atoms with Crippen LogP contribution in [0.5, 0.6) is 0 Å². The molecule has 6 heteroatoms. The molecule has 0 N–H and O–H groups in total. The molecule has 124 valence electrons. The highest BCUT2D eigenvalue weighted by molar-refractivity contribution is 9.10. The number of carbonyl (C=O) groups is 1. The summed E-state index contributed by atoms with van der Waals surface area (Å²) in [5.41, 5.74) is 1.65. The van der Waals surface area contributed by atoms with E-state index in [4.69, 9.17) is 4.74 Å². The Labute approximate surface area is 145 Å². The van der Waals surface area contributed by atoms with Crippen LogP contribution in [-0.4, -0.2) is 26.5 Å². The third-order valence-corrected chi connectivity index (χ3v) is 2.96. The summed E-state index contributed by atoms with van der Waals surface area (Å²) in [5.74, 6) is 0. The average molecular weight is 380 g/mol. The van der Waals surface area contributed by atoms with E-state index in [1.165, 1.54) is 4.68 Å². The Morgan fingerprint density at radius 1 is 1.39 bits per heavy atom. The van der Waals surface area contributed by atoms with Crippen molar-refractivity contribution in [2.24, 2.45) is 0 Å². The minimum atomic E-state index is -0.558. The predicted molar refractivity (Wildman–Crippen MR) is 95.4 cm³/mol. The second-order valence-corrected chi connectivity index (χ2v) is 6.68. The maximum Gasteiger partial charge on any atom is 0.435 e. The van der Waals surface area contributed by atoms with Gasteiger partial charge in [0.1, 0.15) is 11.3 Å². The van der Waals surface area contributed by atoms with E-state index in [2.05, 4.69) is 32.6 Å². The first-order valence-corrected chi connectivity index (χ1v) is 7.97. The van der Waals surface area contributed by atoms with Gasteiger partial charge in [0.25, 0.3) is 0 Å². The quantitative estimate of drug-likeness (QED) is 0.654. The van der Waals surface area contributed by atoms with Crippen molar-refractivity contribution < 1.29 is 9.53 Å². The van der Waals surface area contributed by atoms with Gasteiger partial charge in [-0.1, -0.05) is 12.1 Å². The molecular weight excluding hydrogens is 358 g/mol. The van der Waals surface area contributed by atoms with E-state index < -0.39 is 11.7 Å². The number of aryl methyl sites for hydroxylation is 1. The van der Waals surface area contributed by atoms with E-state index in [9.17, 15) is 4.79 Å². The molecule has 0 atom stereocenters. The Morgan fingerprint density at radius 2 is 2.00 bits per heavy atom. The van der Waals surface area contributed by atoms with Crippen molar-refractivity contribution in [2.45, 2.75) is 40.2 Å². The number of nitrogens with zero attached hydrogens (tertiary/aromatic N) is 3. The highest BCUT2D eigenvalue weighted by Crippen LogP contribution is 2.25. The fourth-order valence-electron chi connectivity index (χ4n) is 1.60. The van der Waals surface area contributed by atoms with Crippen LogP contribution in [0.3, 0.4) is 0 Å². The van der Waals surface area contributed by atoms with Crippen molar-refractivity contribution in [3.63, 3.8) is 0 Å². The number of aromatic nitrogens is 3. The van der Waals surface area contributed by atoms with Gasteiger partial charge in [0.15, 0.2) is 0 Å².